The molecule has 1 N–H and O–H groups in total. The molecule has 0 saturated heterocycles. The van der Waals surface area contributed by atoms with E-state index in [-0.39, 0.29) is 5.41 Å². The zero-order chi connectivity index (χ0) is 19.4. The van der Waals surface area contributed by atoms with E-state index < -0.39 is 11.7 Å². The Bertz CT molecular complexity index is 724. The van der Waals surface area contributed by atoms with Gasteiger partial charge in [-0.1, -0.05) is 69.3 Å². The van der Waals surface area contributed by atoms with Crippen molar-refractivity contribution in [3.8, 4) is 0 Å². The third kappa shape index (κ3) is 5.91. The first-order chi connectivity index (χ1) is 12.1. The number of hydrogen-bond acceptors (Lipinski definition) is 2. The largest absolute Gasteiger partial charge is 0.444 e. The van der Waals surface area contributed by atoms with Crippen molar-refractivity contribution in [2.75, 3.05) is 5.32 Å². The van der Waals surface area contributed by atoms with Crippen molar-refractivity contribution in [1.29, 1.82) is 0 Å². The maximum atomic E-state index is 12.2. The maximum Gasteiger partial charge on any atom is 0.412 e. The second kappa shape index (κ2) is 7.94. The lowest BCUT2D eigenvalue weighted by Crippen LogP contribution is -2.28. The average molecular weight is 354 g/mol. The highest BCUT2D eigenvalue weighted by atomic mass is 16.6. The molecule has 0 aliphatic carbocycles. The number of benzene rings is 2. The lowest BCUT2D eigenvalue weighted by Gasteiger charge is -2.32. The van der Waals surface area contributed by atoms with Crippen LogP contribution in [0.4, 0.5) is 10.5 Å². The molecule has 0 heterocycles. The van der Waals surface area contributed by atoms with Crippen LogP contribution in [0.2, 0.25) is 0 Å². The first-order valence-electron chi connectivity index (χ1n) is 9.19. The van der Waals surface area contributed by atoms with E-state index in [9.17, 15) is 4.79 Å². The predicted octanol–water partition coefficient (Wildman–Crippen LogP) is 6.41. The minimum absolute atomic E-state index is 0.0976. The van der Waals surface area contributed by atoms with Gasteiger partial charge in [0.1, 0.15) is 5.60 Å². The standard InChI is InChI=1S/C23H31NO2/c1-22(2,3)19(17-12-8-7-9-13-17)16-18-14-10-11-15-20(18)24-21(25)26-23(4,5)6/h7-15,19H,16H2,1-6H3,(H,24,25). The van der Waals surface area contributed by atoms with Crippen molar-refractivity contribution in [3.05, 3.63) is 65.7 Å². The molecule has 2 aromatic rings. The zero-order valence-corrected chi connectivity index (χ0v) is 16.8. The Hall–Kier alpha value is -2.29. The van der Waals surface area contributed by atoms with Crippen LogP contribution in [0.1, 0.15) is 58.6 Å². The minimum atomic E-state index is -0.517. The van der Waals surface area contributed by atoms with Crippen LogP contribution in [0.3, 0.4) is 0 Å². The molecule has 0 aromatic heterocycles. The van der Waals surface area contributed by atoms with E-state index in [4.69, 9.17) is 4.74 Å². The lowest BCUT2D eigenvalue weighted by molar-refractivity contribution is 0.0636. The van der Waals surface area contributed by atoms with Crippen molar-refractivity contribution < 1.29 is 9.53 Å². The zero-order valence-electron chi connectivity index (χ0n) is 16.8. The van der Waals surface area contributed by atoms with Crippen LogP contribution in [-0.2, 0) is 11.2 Å². The van der Waals surface area contributed by atoms with E-state index in [0.717, 1.165) is 17.7 Å². The normalized spacial score (nSPS) is 13.2. The summed E-state index contributed by atoms with van der Waals surface area (Å²) in [6.45, 7) is 12.4. The van der Waals surface area contributed by atoms with E-state index >= 15 is 0 Å². The molecule has 0 fully saturated rings. The van der Waals surface area contributed by atoms with E-state index in [1.165, 1.54) is 5.56 Å². The number of rotatable bonds is 4. The van der Waals surface area contributed by atoms with Crippen LogP contribution in [0.15, 0.2) is 54.6 Å². The highest BCUT2D eigenvalue weighted by Gasteiger charge is 2.27. The fraction of sp³-hybridized carbons (Fsp3) is 0.435. The molecule has 3 nitrogen and oxygen atoms in total. The molecule has 0 saturated carbocycles. The van der Waals surface area contributed by atoms with Crippen molar-refractivity contribution in [2.45, 2.75) is 59.5 Å². The first kappa shape index (κ1) is 20.0. The Kier molecular flexibility index (Phi) is 6.12. The van der Waals surface area contributed by atoms with Gasteiger partial charge in [-0.05, 0) is 55.7 Å². The number of hydrogen-bond donors (Lipinski definition) is 1. The number of para-hydroxylation sites is 1. The van der Waals surface area contributed by atoms with E-state index in [2.05, 4.69) is 56.4 Å². The Morgan fingerprint density at radius 3 is 2.08 bits per heavy atom. The topological polar surface area (TPSA) is 38.3 Å². The highest BCUT2D eigenvalue weighted by Crippen LogP contribution is 2.38. The number of nitrogens with one attached hydrogen (secondary N) is 1. The number of carbonyl (C=O) groups excluding carboxylic acids is 1. The predicted molar refractivity (Wildman–Crippen MR) is 109 cm³/mol. The number of amides is 1. The van der Waals surface area contributed by atoms with Gasteiger partial charge in [0.25, 0.3) is 0 Å². The van der Waals surface area contributed by atoms with Gasteiger partial charge in [0, 0.05) is 5.69 Å². The van der Waals surface area contributed by atoms with Crippen LogP contribution in [0, 0.1) is 5.41 Å². The fourth-order valence-corrected chi connectivity index (χ4v) is 3.06. The summed E-state index contributed by atoms with van der Waals surface area (Å²) in [6, 6.07) is 18.5. The molecule has 1 unspecified atom stereocenters. The second-order valence-electron chi connectivity index (χ2n) is 8.82. The third-order valence-electron chi connectivity index (χ3n) is 4.32. The Balaban J connectivity index is 2.26. The number of carbonyl (C=O) groups is 1. The van der Waals surface area contributed by atoms with E-state index in [0.29, 0.717) is 5.92 Å². The SMILES string of the molecule is CC(C)(C)OC(=O)Nc1ccccc1CC(c1ccccc1)C(C)(C)C. The van der Waals surface area contributed by atoms with Gasteiger partial charge in [0.05, 0.1) is 0 Å². The lowest BCUT2D eigenvalue weighted by atomic mass is 9.73. The molecule has 0 aliphatic rings. The molecule has 3 heteroatoms. The molecule has 26 heavy (non-hydrogen) atoms. The van der Waals surface area contributed by atoms with Gasteiger partial charge in [0.2, 0.25) is 0 Å². The molecule has 0 spiro atoms. The van der Waals surface area contributed by atoms with E-state index in [1.807, 2.05) is 45.0 Å². The van der Waals surface area contributed by atoms with Gasteiger partial charge < -0.3 is 4.74 Å². The van der Waals surface area contributed by atoms with Crippen molar-refractivity contribution >= 4 is 11.8 Å². The first-order valence-corrected chi connectivity index (χ1v) is 9.19. The van der Waals surface area contributed by atoms with Gasteiger partial charge in [0.15, 0.2) is 0 Å². The maximum absolute atomic E-state index is 12.2. The fourth-order valence-electron chi connectivity index (χ4n) is 3.06. The van der Waals surface area contributed by atoms with Crippen LogP contribution < -0.4 is 5.32 Å². The third-order valence-corrected chi connectivity index (χ3v) is 4.32. The van der Waals surface area contributed by atoms with Crippen molar-refractivity contribution in [3.63, 3.8) is 0 Å². The van der Waals surface area contributed by atoms with Crippen LogP contribution >= 0.6 is 0 Å². The van der Waals surface area contributed by atoms with Crippen LogP contribution in [0.5, 0.6) is 0 Å². The van der Waals surface area contributed by atoms with Gasteiger partial charge in [-0.2, -0.15) is 0 Å². The summed E-state index contributed by atoms with van der Waals surface area (Å²) in [5, 5.41) is 2.91. The molecule has 0 aliphatic heterocycles. The van der Waals surface area contributed by atoms with Gasteiger partial charge >= 0.3 is 6.09 Å². The Morgan fingerprint density at radius 2 is 1.50 bits per heavy atom. The van der Waals surface area contributed by atoms with Gasteiger partial charge in [-0.15, -0.1) is 0 Å². The summed E-state index contributed by atoms with van der Waals surface area (Å²) in [4.78, 5) is 12.2. The number of anilines is 1. The average Bonchev–Trinajstić information content (AvgIpc) is 2.52. The summed E-state index contributed by atoms with van der Waals surface area (Å²) in [5.41, 5.74) is 2.82. The summed E-state index contributed by atoms with van der Waals surface area (Å²) in [5.74, 6) is 0.338. The van der Waals surface area contributed by atoms with Gasteiger partial charge in [-0.25, -0.2) is 4.79 Å². The molecule has 1 amide bonds. The van der Waals surface area contributed by atoms with E-state index in [1.54, 1.807) is 0 Å². The molecule has 2 rings (SSSR count). The Labute approximate surface area is 157 Å². The van der Waals surface area contributed by atoms with Gasteiger partial charge in [-0.3, -0.25) is 5.32 Å². The van der Waals surface area contributed by atoms with Crippen LogP contribution in [-0.4, -0.2) is 11.7 Å². The quantitative estimate of drug-likeness (QED) is 0.690. The summed E-state index contributed by atoms with van der Waals surface area (Å²) >= 11 is 0. The monoisotopic (exact) mass is 353 g/mol. The highest BCUT2D eigenvalue weighted by molar-refractivity contribution is 5.86. The minimum Gasteiger partial charge on any atom is -0.444 e. The molecule has 0 radical (unpaired) electrons. The number of ether oxygens (including phenoxy) is 1. The molecular formula is C23H31NO2. The van der Waals surface area contributed by atoms with Crippen molar-refractivity contribution in [1.82, 2.24) is 0 Å². The van der Waals surface area contributed by atoms with Crippen molar-refractivity contribution in [2.24, 2.45) is 5.41 Å². The molecule has 0 bridgehead atoms. The summed E-state index contributed by atoms with van der Waals surface area (Å²) in [7, 11) is 0. The second-order valence-corrected chi connectivity index (χ2v) is 8.82. The smallest absolute Gasteiger partial charge is 0.412 e. The molecule has 2 aromatic carbocycles. The molecule has 1 atom stereocenters. The molecular weight excluding hydrogens is 322 g/mol. The molecule has 140 valence electrons. The Morgan fingerprint density at radius 1 is 0.923 bits per heavy atom. The van der Waals surface area contributed by atoms with Crippen LogP contribution in [0.25, 0.3) is 0 Å². The summed E-state index contributed by atoms with van der Waals surface area (Å²) < 4.78 is 5.40. The summed E-state index contributed by atoms with van der Waals surface area (Å²) in [6.07, 6.45) is 0.427.